The lowest BCUT2D eigenvalue weighted by molar-refractivity contribution is 0.0223. The van der Waals surface area contributed by atoms with Gasteiger partial charge in [0.25, 0.3) is 0 Å². The molecule has 0 atom stereocenters. The highest BCUT2D eigenvalue weighted by Crippen LogP contribution is 2.32. The maximum absolute atomic E-state index is 12.6. The van der Waals surface area contributed by atoms with E-state index in [-0.39, 0.29) is 40.1 Å². The molecular weight excluding hydrogens is 1570 g/mol. The topological polar surface area (TPSA) is 239 Å². The Balaban J connectivity index is 0.000000193. The van der Waals surface area contributed by atoms with Crippen LogP contribution in [0.1, 0.15) is 80.5 Å². The number of ether oxygens (including phenoxy) is 7. The SMILES string of the molecule is C.C.C.CC(C)(C)OC(=O)N1CCN(c2ccc3nc(-c4ccc(OCc5ccccc5)cc4)n(COCC[Si](C)(C)C)c3n2)CC1.CC(C)(C)OC(=O)N1CCNCC1.C[Si](C)(C)CCOCn1c(-c2ccc(OCc3ccccc3)cc2)nc2ccc(Cl)nc21.c1ccc(COc2ccc(-c3nc4nc(N5CCNCC5)ccc4[nH]3)cc2)cc1. The van der Waals surface area contributed by atoms with Crippen LogP contribution in [-0.4, -0.2) is 185 Å². The van der Waals surface area contributed by atoms with Crippen LogP contribution in [0.15, 0.2) is 200 Å². The van der Waals surface area contributed by atoms with Gasteiger partial charge < -0.3 is 68.4 Å². The number of H-pyrrole nitrogens is 1. The van der Waals surface area contributed by atoms with E-state index < -0.39 is 21.7 Å². The average molecular weight is 1700 g/mol. The molecule has 0 aliphatic carbocycles. The number of imidazole rings is 3. The normalized spacial score (nSPS) is 13.7. The van der Waals surface area contributed by atoms with Crippen molar-refractivity contribution in [2.75, 3.05) is 102 Å². The van der Waals surface area contributed by atoms with Gasteiger partial charge in [-0.1, -0.05) is 164 Å². The molecule has 6 aromatic carbocycles. The number of anilines is 2. The molecule has 9 heterocycles. The molecule has 0 spiro atoms. The monoisotopic (exact) mass is 1700 g/mol. The van der Waals surface area contributed by atoms with Gasteiger partial charge in [0.2, 0.25) is 0 Å². The molecule has 2 amide bonds. The van der Waals surface area contributed by atoms with Crippen molar-refractivity contribution < 1.29 is 42.7 Å². The number of aromatic nitrogens is 9. The second-order valence-corrected chi connectivity index (χ2v) is 45.5. The van der Waals surface area contributed by atoms with Crippen LogP contribution in [0.5, 0.6) is 17.2 Å². The minimum absolute atomic E-state index is 0. The predicted molar refractivity (Wildman–Crippen MR) is 497 cm³/mol. The number of pyridine rings is 3. The molecule has 3 saturated heterocycles. The van der Waals surface area contributed by atoms with Crippen molar-refractivity contribution >= 4 is 85.1 Å². The lowest BCUT2D eigenvalue weighted by Crippen LogP contribution is -2.50. The lowest BCUT2D eigenvalue weighted by atomic mass is 10.2. The minimum atomic E-state index is -1.23. The second kappa shape index (κ2) is 44.2. The van der Waals surface area contributed by atoms with Crippen LogP contribution in [-0.2, 0) is 52.2 Å². The zero-order chi connectivity index (χ0) is 83.2. The predicted octanol–water partition coefficient (Wildman–Crippen LogP) is 20.0. The maximum atomic E-state index is 12.6. The van der Waals surface area contributed by atoms with E-state index in [1.165, 1.54) is 0 Å². The molecule has 6 aromatic heterocycles. The summed E-state index contributed by atoms with van der Waals surface area (Å²) in [4.78, 5) is 64.3. The molecule has 121 heavy (non-hydrogen) atoms. The molecule has 3 fully saturated rings. The van der Waals surface area contributed by atoms with Crippen molar-refractivity contribution in [2.45, 2.75) is 160 Å². The van der Waals surface area contributed by atoms with Crippen LogP contribution >= 0.6 is 11.6 Å². The van der Waals surface area contributed by atoms with Crippen LogP contribution in [0, 0.1) is 0 Å². The minimum Gasteiger partial charge on any atom is -0.489 e. The highest BCUT2D eigenvalue weighted by atomic mass is 35.5. The molecule has 12 aromatic rings. The summed E-state index contributed by atoms with van der Waals surface area (Å²) in [5.74, 6) is 6.74. The summed E-state index contributed by atoms with van der Waals surface area (Å²) < 4.78 is 44.9. The third kappa shape index (κ3) is 28.7. The number of carbonyl (C=O) groups is 2. The summed E-state index contributed by atoms with van der Waals surface area (Å²) in [5, 5.41) is 6.99. The quantitative estimate of drug-likeness (QED) is 0.0289. The van der Waals surface area contributed by atoms with Gasteiger partial charge in [-0.2, -0.15) is 0 Å². The molecule has 0 unspecified atom stereocenters. The van der Waals surface area contributed by atoms with E-state index in [0.29, 0.717) is 71.2 Å². The van der Waals surface area contributed by atoms with E-state index in [1.54, 1.807) is 15.9 Å². The van der Waals surface area contributed by atoms with Crippen LogP contribution < -0.4 is 34.6 Å². The van der Waals surface area contributed by atoms with Gasteiger partial charge in [-0.05, 0) is 180 Å². The largest absolute Gasteiger partial charge is 0.489 e. The molecule has 3 aliphatic heterocycles. The van der Waals surface area contributed by atoms with Gasteiger partial charge in [-0.15, -0.1) is 0 Å². The van der Waals surface area contributed by atoms with Crippen molar-refractivity contribution in [1.82, 2.24) is 64.5 Å². The number of piperazine rings is 3. The number of hydrogen-bond acceptors (Lipinski definition) is 19. The molecule has 24 nitrogen and oxygen atoms in total. The molecule has 3 N–H and O–H groups in total. The van der Waals surface area contributed by atoms with Crippen molar-refractivity contribution in [3.63, 3.8) is 0 Å². The zero-order valence-electron chi connectivity index (χ0n) is 70.3. The van der Waals surface area contributed by atoms with Gasteiger partial charge in [0.15, 0.2) is 16.9 Å². The first-order chi connectivity index (χ1) is 56.7. The van der Waals surface area contributed by atoms with E-state index in [2.05, 4.69) is 123 Å². The third-order valence-electron chi connectivity index (χ3n) is 19.5. The number of nitrogens with one attached hydrogen (secondary N) is 3. The van der Waals surface area contributed by atoms with Gasteiger partial charge in [0.05, 0.1) is 5.52 Å². The van der Waals surface area contributed by atoms with Crippen molar-refractivity contribution in [3.8, 4) is 51.4 Å². The molecular formula is C94H126ClN15O9Si2. The summed E-state index contributed by atoms with van der Waals surface area (Å²) in [6.07, 6.45) is -0.468. The Bertz CT molecular complexity index is 5150. The number of carbonyl (C=O) groups excluding carboxylic acids is 2. The van der Waals surface area contributed by atoms with Gasteiger partial charge >= 0.3 is 12.2 Å². The molecule has 0 radical (unpaired) electrons. The van der Waals surface area contributed by atoms with E-state index in [4.69, 9.17) is 69.7 Å². The number of benzene rings is 6. The highest BCUT2D eigenvalue weighted by Gasteiger charge is 2.29. The number of rotatable bonds is 24. The molecule has 27 heteroatoms. The number of nitrogens with zero attached hydrogens (tertiary/aromatic N) is 12. The number of fused-ring (bicyclic) bond motifs is 3. The zero-order valence-corrected chi connectivity index (χ0v) is 73.1. The summed E-state index contributed by atoms with van der Waals surface area (Å²) >= 11 is 6.17. The Labute approximate surface area is 722 Å². The Morgan fingerprint density at radius 1 is 0.413 bits per heavy atom. The first-order valence-corrected chi connectivity index (χ1v) is 48.6. The summed E-state index contributed by atoms with van der Waals surface area (Å²) in [6.45, 7) is 38.8. The fourth-order valence-corrected chi connectivity index (χ4v) is 14.6. The van der Waals surface area contributed by atoms with Crippen LogP contribution in [0.4, 0.5) is 21.2 Å². The highest BCUT2D eigenvalue weighted by molar-refractivity contribution is 6.76. The third-order valence-corrected chi connectivity index (χ3v) is 23.1. The first-order valence-electron chi connectivity index (χ1n) is 40.8. The number of hydrogen-bond donors (Lipinski definition) is 3. The molecule has 0 bridgehead atoms. The second-order valence-electron chi connectivity index (χ2n) is 33.8. The van der Waals surface area contributed by atoms with Crippen molar-refractivity contribution in [2.24, 2.45) is 0 Å². The van der Waals surface area contributed by atoms with Crippen LogP contribution in [0.3, 0.4) is 0 Å². The summed E-state index contributed by atoms with van der Waals surface area (Å²) in [7, 11) is -2.39. The van der Waals surface area contributed by atoms with Gasteiger partial charge in [-0.3, -0.25) is 9.13 Å². The number of amides is 2. The molecule has 646 valence electrons. The summed E-state index contributed by atoms with van der Waals surface area (Å²) in [6, 6.07) is 68.5. The Morgan fingerprint density at radius 2 is 0.793 bits per heavy atom. The smallest absolute Gasteiger partial charge is 0.410 e. The van der Waals surface area contributed by atoms with Gasteiger partial charge in [-0.25, -0.2) is 39.5 Å². The molecule has 0 saturated carbocycles. The number of halogens is 1. The Kier molecular flexibility index (Phi) is 34.4. The molecule has 15 rings (SSSR count). The maximum Gasteiger partial charge on any atom is 0.410 e. The summed E-state index contributed by atoms with van der Waals surface area (Å²) in [5.41, 5.74) is 10.3. The fraction of sp³-hybridized carbons (Fsp3) is 0.404. The van der Waals surface area contributed by atoms with Crippen molar-refractivity contribution in [3.05, 3.63) is 222 Å². The van der Waals surface area contributed by atoms with E-state index in [1.807, 2.05) is 192 Å². The van der Waals surface area contributed by atoms with Crippen molar-refractivity contribution in [1.29, 1.82) is 0 Å². The van der Waals surface area contributed by atoms with E-state index in [9.17, 15) is 9.59 Å². The fourth-order valence-electron chi connectivity index (χ4n) is 12.9. The molecule has 3 aliphatic rings. The Morgan fingerprint density at radius 3 is 1.22 bits per heavy atom. The number of aromatic amines is 1. The van der Waals surface area contributed by atoms with Crippen LogP contribution in [0.25, 0.3) is 67.7 Å². The Hall–Kier alpha value is -10.7. The first kappa shape index (κ1) is 94.1. The van der Waals surface area contributed by atoms with E-state index >= 15 is 0 Å². The van der Waals surface area contributed by atoms with Gasteiger partial charge in [0.1, 0.15) is 107 Å². The van der Waals surface area contributed by atoms with Crippen LogP contribution in [0.2, 0.25) is 56.5 Å². The van der Waals surface area contributed by atoms with E-state index in [0.717, 1.165) is 184 Å². The lowest BCUT2D eigenvalue weighted by Gasteiger charge is -2.36. The standard InChI is InChI=1S/C34H45N5O4Si.C25H28ClN3O2Si.C23H23N5O.C9H18N2O2.3CH4/c1-34(2,3)43-33(40)38-20-18-37(19-21-38)30-17-16-29-32(36-30)39(25-41-22-23-44(4,5)6)31(35-29)27-12-14-28(15-13-27)42-24-26-10-8-7-9-11-26;1-32(2,3)16-15-30-18-29-24(27-22-13-14-23(26)28-25(22)29)20-9-11-21(12-10-20)31-17-19-7-5-4-6-8-19;1-2-4-17(5-3-1)16-29-19-8-6-18(7-9-19)22-25-20-10-11-21(26-23(20)27-22)28-14-12-24-13-15-28;1-9(2,3)13-8(12)11-6-4-10-5-7-11;;;/h7-17H,18-25H2,1-6H3;4-14H,15-18H2,1-3H3;1-11,24H,12-16H2,(H,25,26,27);10H,4-7H2,1-3H3;3*1H4. The average Bonchev–Trinajstić information content (AvgIpc) is 1.64. The van der Waals surface area contributed by atoms with Gasteiger partial charge in [0, 0.05) is 125 Å².